The highest BCUT2D eigenvalue weighted by molar-refractivity contribution is 5.95. The van der Waals surface area contributed by atoms with Crippen molar-refractivity contribution in [1.82, 2.24) is 23.6 Å². The van der Waals surface area contributed by atoms with Crippen molar-refractivity contribution in [2.75, 3.05) is 25.0 Å². The molecule has 2 amide bonds. The van der Waals surface area contributed by atoms with E-state index in [1.807, 2.05) is 32.0 Å². The summed E-state index contributed by atoms with van der Waals surface area (Å²) in [6, 6.07) is 5.66. The van der Waals surface area contributed by atoms with Crippen LogP contribution in [0.25, 0.3) is 11.2 Å². The van der Waals surface area contributed by atoms with E-state index >= 15 is 0 Å². The summed E-state index contributed by atoms with van der Waals surface area (Å²) in [5.41, 5.74) is 2.03. The molecule has 2 aromatic heterocycles. The van der Waals surface area contributed by atoms with Crippen LogP contribution in [-0.4, -0.2) is 61.2 Å². The van der Waals surface area contributed by atoms with Gasteiger partial charge in [0.15, 0.2) is 11.2 Å². The lowest BCUT2D eigenvalue weighted by Gasteiger charge is -2.25. The number of aryl methyl sites for hydroxylation is 2. The molecule has 3 heterocycles. The fourth-order valence-corrected chi connectivity index (χ4v) is 4.30. The second-order valence-electron chi connectivity index (χ2n) is 8.96. The molecule has 0 spiro atoms. The van der Waals surface area contributed by atoms with Crippen LogP contribution < -0.4 is 16.6 Å². The van der Waals surface area contributed by atoms with E-state index in [1.54, 1.807) is 0 Å². The third kappa shape index (κ3) is 4.90. The molecule has 11 heteroatoms. The number of fused-ring (bicyclic) bond motifs is 1. The van der Waals surface area contributed by atoms with Gasteiger partial charge in [0, 0.05) is 32.9 Å². The number of benzene rings is 1. The van der Waals surface area contributed by atoms with Crippen molar-refractivity contribution in [3.8, 4) is 0 Å². The molecule has 1 unspecified atom stereocenters. The quantitative estimate of drug-likeness (QED) is 0.529. The van der Waals surface area contributed by atoms with Gasteiger partial charge in [0.05, 0.1) is 12.4 Å². The highest BCUT2D eigenvalue weighted by Gasteiger charge is 2.26. The number of carbonyl (C=O) groups excluding carboxylic acids is 2. The fraction of sp³-hybridized carbons (Fsp3) is 0.458. The van der Waals surface area contributed by atoms with E-state index in [0.717, 1.165) is 28.5 Å². The molecule has 1 saturated heterocycles. The lowest BCUT2D eigenvalue weighted by atomic mass is 10.1. The number of rotatable bonds is 7. The van der Waals surface area contributed by atoms with Gasteiger partial charge in [-0.15, -0.1) is 0 Å². The Morgan fingerprint density at radius 1 is 1.20 bits per heavy atom. The molecule has 1 N–H and O–H groups in total. The van der Waals surface area contributed by atoms with Crippen LogP contribution in [0.15, 0.2) is 34.1 Å². The average Bonchev–Trinajstić information content (AvgIpc) is 3.49. The zero-order valence-electron chi connectivity index (χ0n) is 20.4. The monoisotopic (exact) mass is 482 g/mol. The van der Waals surface area contributed by atoms with Crippen LogP contribution in [0.2, 0.25) is 0 Å². The summed E-state index contributed by atoms with van der Waals surface area (Å²) < 4.78 is 9.36. The smallest absolute Gasteiger partial charge is 0.332 e. The Morgan fingerprint density at radius 2 is 1.97 bits per heavy atom. The second kappa shape index (κ2) is 9.87. The van der Waals surface area contributed by atoms with Gasteiger partial charge in [0.25, 0.3) is 5.56 Å². The Labute approximate surface area is 201 Å². The van der Waals surface area contributed by atoms with Crippen LogP contribution in [-0.2, 0) is 35.0 Å². The van der Waals surface area contributed by atoms with Gasteiger partial charge in [-0.25, -0.2) is 9.78 Å². The Hall–Kier alpha value is -3.73. The number of hydrogen-bond donors (Lipinski definition) is 1. The first-order chi connectivity index (χ1) is 16.7. The number of aromatic nitrogens is 4. The van der Waals surface area contributed by atoms with Crippen molar-refractivity contribution in [3.63, 3.8) is 0 Å². The topological polar surface area (TPSA) is 120 Å². The predicted octanol–water partition coefficient (Wildman–Crippen LogP) is 0.697. The van der Waals surface area contributed by atoms with Crippen molar-refractivity contribution >= 4 is 28.7 Å². The molecule has 1 aromatic carbocycles. The minimum absolute atomic E-state index is 0.152. The van der Waals surface area contributed by atoms with Crippen molar-refractivity contribution in [2.45, 2.75) is 39.3 Å². The normalized spacial score (nSPS) is 15.5. The molecular weight excluding hydrogens is 452 g/mol. The van der Waals surface area contributed by atoms with Crippen molar-refractivity contribution in [2.24, 2.45) is 14.1 Å². The molecule has 35 heavy (non-hydrogen) atoms. The zero-order valence-corrected chi connectivity index (χ0v) is 20.4. The summed E-state index contributed by atoms with van der Waals surface area (Å²) in [4.78, 5) is 56.8. The first-order valence-corrected chi connectivity index (χ1v) is 11.5. The van der Waals surface area contributed by atoms with Gasteiger partial charge in [-0.1, -0.05) is 12.1 Å². The highest BCUT2D eigenvalue weighted by Crippen LogP contribution is 2.18. The summed E-state index contributed by atoms with van der Waals surface area (Å²) in [6.07, 6.45) is 2.92. The summed E-state index contributed by atoms with van der Waals surface area (Å²) >= 11 is 0. The van der Waals surface area contributed by atoms with E-state index in [1.165, 1.54) is 34.5 Å². The highest BCUT2D eigenvalue weighted by atomic mass is 16.5. The average molecular weight is 483 g/mol. The van der Waals surface area contributed by atoms with Crippen molar-refractivity contribution in [3.05, 3.63) is 56.5 Å². The van der Waals surface area contributed by atoms with E-state index in [0.29, 0.717) is 12.3 Å². The largest absolute Gasteiger partial charge is 0.376 e. The second-order valence-corrected chi connectivity index (χ2v) is 8.96. The number of hydrogen-bond acceptors (Lipinski definition) is 6. The summed E-state index contributed by atoms with van der Waals surface area (Å²) in [7, 11) is 2.90. The van der Waals surface area contributed by atoms with Crippen LogP contribution in [0.3, 0.4) is 0 Å². The molecule has 3 aromatic rings. The molecule has 1 atom stereocenters. The van der Waals surface area contributed by atoms with Gasteiger partial charge < -0.3 is 19.5 Å². The van der Waals surface area contributed by atoms with Crippen LogP contribution in [0.5, 0.6) is 0 Å². The van der Waals surface area contributed by atoms with Gasteiger partial charge in [-0.2, -0.15) is 0 Å². The number of imidazole rings is 1. The van der Waals surface area contributed by atoms with Gasteiger partial charge in [-0.3, -0.25) is 23.5 Å². The standard InChI is InChI=1S/C24H30N6O5/c1-15-7-5-9-18(16(15)2)26-19(31)12-29(11-17-8-6-10-35-17)20(32)13-30-14-25-22-21(30)23(33)28(4)24(34)27(22)3/h5,7,9,14,17H,6,8,10-13H2,1-4H3,(H,26,31). The SMILES string of the molecule is Cc1cccc(NC(=O)CN(CC2CCCO2)C(=O)Cn2cnc3c2c(=O)n(C)c(=O)n3C)c1C. The molecule has 0 saturated carbocycles. The number of anilines is 1. The minimum Gasteiger partial charge on any atom is -0.376 e. The van der Waals surface area contributed by atoms with Crippen LogP contribution >= 0.6 is 0 Å². The minimum atomic E-state index is -0.535. The van der Waals surface area contributed by atoms with E-state index in [-0.39, 0.29) is 48.7 Å². The van der Waals surface area contributed by atoms with Crippen LogP contribution in [0.4, 0.5) is 5.69 Å². The molecule has 186 valence electrons. The van der Waals surface area contributed by atoms with Crippen molar-refractivity contribution < 1.29 is 14.3 Å². The van der Waals surface area contributed by atoms with E-state index in [4.69, 9.17) is 4.74 Å². The van der Waals surface area contributed by atoms with Gasteiger partial charge in [0.1, 0.15) is 13.1 Å². The van der Waals surface area contributed by atoms with Gasteiger partial charge in [-0.05, 0) is 43.9 Å². The lowest BCUT2D eigenvalue weighted by molar-refractivity contribution is -0.136. The van der Waals surface area contributed by atoms with E-state index in [2.05, 4.69) is 10.3 Å². The Bertz CT molecular complexity index is 1400. The number of ether oxygens (including phenoxy) is 1. The first-order valence-electron chi connectivity index (χ1n) is 11.5. The van der Waals surface area contributed by atoms with Gasteiger partial charge in [0.2, 0.25) is 11.8 Å². The van der Waals surface area contributed by atoms with Crippen LogP contribution in [0.1, 0.15) is 24.0 Å². The van der Waals surface area contributed by atoms with E-state index < -0.39 is 11.2 Å². The maximum atomic E-state index is 13.4. The lowest BCUT2D eigenvalue weighted by Crippen LogP contribution is -2.44. The fourth-order valence-electron chi connectivity index (χ4n) is 4.30. The predicted molar refractivity (Wildman–Crippen MR) is 130 cm³/mol. The van der Waals surface area contributed by atoms with Crippen LogP contribution in [0, 0.1) is 13.8 Å². The summed E-state index contributed by atoms with van der Waals surface area (Å²) in [5, 5.41) is 2.90. The Morgan fingerprint density at radius 3 is 2.69 bits per heavy atom. The molecular formula is C24H30N6O5. The zero-order chi connectivity index (χ0) is 25.3. The molecule has 11 nitrogen and oxygen atoms in total. The molecule has 1 aliphatic rings. The summed E-state index contributed by atoms with van der Waals surface area (Å²) in [6.45, 7) is 4.42. The molecule has 4 rings (SSSR count). The molecule has 0 radical (unpaired) electrons. The maximum Gasteiger partial charge on any atom is 0.332 e. The van der Waals surface area contributed by atoms with Crippen molar-refractivity contribution in [1.29, 1.82) is 0 Å². The maximum absolute atomic E-state index is 13.4. The molecule has 0 aliphatic carbocycles. The molecule has 1 fully saturated rings. The van der Waals surface area contributed by atoms with E-state index in [9.17, 15) is 19.2 Å². The molecule has 0 bridgehead atoms. The number of carbonyl (C=O) groups is 2. The number of amides is 2. The number of nitrogens with one attached hydrogen (secondary N) is 1. The summed E-state index contributed by atoms with van der Waals surface area (Å²) in [5.74, 6) is -0.675. The first kappa shape index (κ1) is 24.4. The Kier molecular flexibility index (Phi) is 6.88. The number of nitrogens with zero attached hydrogens (tertiary/aromatic N) is 5. The third-order valence-electron chi connectivity index (χ3n) is 6.54. The Balaban J connectivity index is 1.57. The molecule has 1 aliphatic heterocycles. The third-order valence-corrected chi connectivity index (χ3v) is 6.54. The van der Waals surface area contributed by atoms with Gasteiger partial charge >= 0.3 is 5.69 Å².